The molecule has 1 saturated heterocycles. The van der Waals surface area contributed by atoms with Crippen LogP contribution in [0.25, 0.3) is 11.2 Å². The van der Waals surface area contributed by atoms with Gasteiger partial charge in [0.05, 0.1) is 0 Å². The van der Waals surface area contributed by atoms with Gasteiger partial charge in [-0.3, -0.25) is 0 Å². The van der Waals surface area contributed by atoms with Gasteiger partial charge in [-0.15, -0.1) is 0 Å². The van der Waals surface area contributed by atoms with Gasteiger partial charge in [0.15, 0.2) is 16.2 Å². The van der Waals surface area contributed by atoms with Crippen LogP contribution in [0.4, 0.5) is 5.82 Å². The fourth-order valence-electron chi connectivity index (χ4n) is 1.96. The molecule has 0 amide bonds. The molecule has 0 radical (unpaired) electrons. The summed E-state index contributed by atoms with van der Waals surface area (Å²) in [5.74, 6) is 0.968. The van der Waals surface area contributed by atoms with Gasteiger partial charge in [-0.25, -0.2) is 15.0 Å². The number of aromatic amines is 1. The van der Waals surface area contributed by atoms with Gasteiger partial charge in [0.1, 0.15) is 11.8 Å². The first-order valence-electron chi connectivity index (χ1n) is 4.96. The molecule has 3 rings (SSSR count). The first-order chi connectivity index (χ1) is 7.34. The first-order valence-corrected chi connectivity index (χ1v) is 5.75. The molecule has 2 aromatic rings. The van der Waals surface area contributed by atoms with Gasteiger partial charge < -0.3 is 9.88 Å². The van der Waals surface area contributed by atoms with Gasteiger partial charge >= 0.3 is 0 Å². The van der Waals surface area contributed by atoms with Crippen LogP contribution >= 0.6 is 15.9 Å². The largest absolute Gasteiger partial charge is 0.355 e. The van der Waals surface area contributed by atoms with Crippen molar-refractivity contribution >= 4 is 32.9 Å². The summed E-state index contributed by atoms with van der Waals surface area (Å²) in [5, 5.41) is 0. The van der Waals surface area contributed by atoms with Crippen LogP contribution < -0.4 is 4.90 Å². The molecule has 0 unspecified atom stereocenters. The Balaban J connectivity index is 2.16. The zero-order valence-electron chi connectivity index (χ0n) is 8.07. The summed E-state index contributed by atoms with van der Waals surface area (Å²) in [6, 6.07) is 0. The second-order valence-electron chi connectivity index (χ2n) is 3.62. The molecule has 0 spiro atoms. The van der Waals surface area contributed by atoms with Crippen LogP contribution in [0.1, 0.15) is 12.8 Å². The molecule has 78 valence electrons. The lowest BCUT2D eigenvalue weighted by atomic mass is 10.4. The molecule has 6 heteroatoms. The summed E-state index contributed by atoms with van der Waals surface area (Å²) in [6.07, 6.45) is 4.05. The van der Waals surface area contributed by atoms with E-state index in [-0.39, 0.29) is 0 Å². The normalized spacial score (nSPS) is 16.5. The Morgan fingerprint density at radius 2 is 2.07 bits per heavy atom. The molecular weight excluding hydrogens is 258 g/mol. The quantitative estimate of drug-likeness (QED) is 0.800. The van der Waals surface area contributed by atoms with Crippen molar-refractivity contribution in [2.45, 2.75) is 12.8 Å². The van der Waals surface area contributed by atoms with Crippen LogP contribution in [0.15, 0.2) is 11.1 Å². The zero-order valence-corrected chi connectivity index (χ0v) is 9.66. The molecule has 0 atom stereocenters. The van der Waals surface area contributed by atoms with E-state index in [1.54, 1.807) is 6.33 Å². The molecular formula is C9H10BrN5. The number of aromatic nitrogens is 4. The third-order valence-corrected chi connectivity index (χ3v) is 3.02. The number of hydrogen-bond acceptors (Lipinski definition) is 4. The lowest BCUT2D eigenvalue weighted by Crippen LogP contribution is -2.19. The summed E-state index contributed by atoms with van der Waals surface area (Å²) in [6.45, 7) is 2.14. The molecule has 2 aromatic heterocycles. The van der Waals surface area contributed by atoms with Crippen molar-refractivity contribution in [2.24, 2.45) is 0 Å². The number of H-pyrrole nitrogens is 1. The third kappa shape index (κ3) is 1.49. The average Bonchev–Trinajstić information content (AvgIpc) is 2.82. The SMILES string of the molecule is Brc1nc2ncnc(N3CCCC3)c2[nH]1. The van der Waals surface area contributed by atoms with E-state index in [4.69, 9.17) is 0 Å². The van der Waals surface area contributed by atoms with E-state index in [0.29, 0.717) is 4.73 Å². The monoisotopic (exact) mass is 267 g/mol. The maximum atomic E-state index is 4.32. The first kappa shape index (κ1) is 9.08. The molecule has 1 N–H and O–H groups in total. The van der Waals surface area contributed by atoms with Crippen LogP contribution in [0.2, 0.25) is 0 Å². The number of nitrogens with zero attached hydrogens (tertiary/aromatic N) is 4. The van der Waals surface area contributed by atoms with Crippen LogP contribution in [0.5, 0.6) is 0 Å². The average molecular weight is 268 g/mol. The highest BCUT2D eigenvalue weighted by Crippen LogP contribution is 2.25. The number of fused-ring (bicyclic) bond motifs is 1. The second kappa shape index (κ2) is 3.44. The highest BCUT2D eigenvalue weighted by Gasteiger charge is 2.18. The predicted molar refractivity (Wildman–Crippen MR) is 60.8 cm³/mol. The lowest BCUT2D eigenvalue weighted by molar-refractivity contribution is 0.936. The van der Waals surface area contributed by atoms with Gasteiger partial charge in [-0.1, -0.05) is 0 Å². The number of nitrogens with one attached hydrogen (secondary N) is 1. The summed E-state index contributed by atoms with van der Waals surface area (Å²) in [4.78, 5) is 18.1. The minimum atomic E-state index is 0.707. The Labute approximate surface area is 95.1 Å². The van der Waals surface area contributed by atoms with Gasteiger partial charge in [0.25, 0.3) is 0 Å². The summed E-state index contributed by atoms with van der Waals surface area (Å²) in [7, 11) is 0. The maximum Gasteiger partial charge on any atom is 0.183 e. The molecule has 0 saturated carbocycles. The minimum Gasteiger partial charge on any atom is -0.355 e. The number of anilines is 1. The molecule has 0 aliphatic carbocycles. The smallest absolute Gasteiger partial charge is 0.183 e. The van der Waals surface area contributed by atoms with E-state index in [0.717, 1.165) is 30.1 Å². The van der Waals surface area contributed by atoms with E-state index in [9.17, 15) is 0 Å². The van der Waals surface area contributed by atoms with Crippen LogP contribution in [0.3, 0.4) is 0 Å². The van der Waals surface area contributed by atoms with Crippen molar-refractivity contribution in [1.82, 2.24) is 19.9 Å². The highest BCUT2D eigenvalue weighted by atomic mass is 79.9. The van der Waals surface area contributed by atoms with Crippen molar-refractivity contribution in [1.29, 1.82) is 0 Å². The van der Waals surface area contributed by atoms with E-state index >= 15 is 0 Å². The standard InChI is InChI=1S/C9H10BrN5/c10-9-13-6-7(14-9)11-5-12-8(6)15-3-1-2-4-15/h5H,1-4H2,(H,11,12,13,14). The van der Waals surface area contributed by atoms with Crippen molar-refractivity contribution in [3.05, 3.63) is 11.1 Å². The van der Waals surface area contributed by atoms with E-state index in [1.807, 2.05) is 0 Å². The van der Waals surface area contributed by atoms with Gasteiger partial charge in [-0.2, -0.15) is 0 Å². The minimum absolute atomic E-state index is 0.707. The van der Waals surface area contributed by atoms with Gasteiger partial charge in [0.2, 0.25) is 0 Å². The third-order valence-electron chi connectivity index (χ3n) is 2.65. The summed E-state index contributed by atoms with van der Waals surface area (Å²) in [5.41, 5.74) is 1.64. The zero-order chi connectivity index (χ0) is 10.3. The number of hydrogen-bond donors (Lipinski definition) is 1. The van der Waals surface area contributed by atoms with Crippen LogP contribution in [-0.4, -0.2) is 33.0 Å². The van der Waals surface area contributed by atoms with Crippen LogP contribution in [0, 0.1) is 0 Å². The van der Waals surface area contributed by atoms with Crippen molar-refractivity contribution < 1.29 is 0 Å². The lowest BCUT2D eigenvalue weighted by Gasteiger charge is -2.15. The Morgan fingerprint density at radius 1 is 1.27 bits per heavy atom. The van der Waals surface area contributed by atoms with Crippen molar-refractivity contribution in [2.75, 3.05) is 18.0 Å². The Bertz CT molecular complexity index is 488. The topological polar surface area (TPSA) is 57.7 Å². The number of halogens is 1. The maximum absolute atomic E-state index is 4.32. The van der Waals surface area contributed by atoms with E-state index in [1.165, 1.54) is 12.8 Å². The molecule has 15 heavy (non-hydrogen) atoms. The fraction of sp³-hybridized carbons (Fsp3) is 0.444. The van der Waals surface area contributed by atoms with E-state index < -0.39 is 0 Å². The van der Waals surface area contributed by atoms with Crippen LogP contribution in [-0.2, 0) is 0 Å². The molecule has 3 heterocycles. The van der Waals surface area contributed by atoms with Crippen molar-refractivity contribution in [3.63, 3.8) is 0 Å². The Morgan fingerprint density at radius 3 is 2.87 bits per heavy atom. The molecule has 5 nitrogen and oxygen atoms in total. The Hall–Kier alpha value is -1.17. The second-order valence-corrected chi connectivity index (χ2v) is 4.37. The number of rotatable bonds is 1. The van der Waals surface area contributed by atoms with Gasteiger partial charge in [-0.05, 0) is 28.8 Å². The predicted octanol–water partition coefficient (Wildman–Crippen LogP) is 1.72. The van der Waals surface area contributed by atoms with Crippen molar-refractivity contribution in [3.8, 4) is 0 Å². The molecule has 0 aromatic carbocycles. The number of imidazole rings is 1. The summed E-state index contributed by atoms with van der Waals surface area (Å²) >= 11 is 3.31. The van der Waals surface area contributed by atoms with Gasteiger partial charge in [0, 0.05) is 13.1 Å². The molecule has 1 aliphatic rings. The summed E-state index contributed by atoms with van der Waals surface area (Å²) < 4.78 is 0.707. The molecule has 1 fully saturated rings. The molecule has 1 aliphatic heterocycles. The Kier molecular flexibility index (Phi) is 2.09. The molecule has 0 bridgehead atoms. The fourth-order valence-corrected chi connectivity index (χ4v) is 2.32. The van der Waals surface area contributed by atoms with E-state index in [2.05, 4.69) is 40.8 Å². The highest BCUT2D eigenvalue weighted by molar-refractivity contribution is 9.10.